The highest BCUT2D eigenvalue weighted by molar-refractivity contribution is 7.89. The van der Waals surface area contributed by atoms with E-state index in [4.69, 9.17) is 4.42 Å². The molecule has 2 atom stereocenters. The smallest absolute Gasteiger partial charge is 0.243 e. The molecule has 5 rings (SSSR count). The molecule has 1 aliphatic rings. The first-order valence-electron chi connectivity index (χ1n) is 10.7. The summed E-state index contributed by atoms with van der Waals surface area (Å²) in [5, 5.41) is 0. The van der Waals surface area contributed by atoms with Crippen molar-refractivity contribution in [2.45, 2.75) is 30.3 Å². The van der Waals surface area contributed by atoms with E-state index >= 15 is 0 Å². The number of carbonyl (C=O) groups excluding carboxylic acids is 1. The van der Waals surface area contributed by atoms with Gasteiger partial charge in [0.25, 0.3) is 0 Å². The zero-order valence-corrected chi connectivity index (χ0v) is 18.8. The van der Waals surface area contributed by atoms with E-state index in [1.165, 1.54) is 4.31 Å². The molecule has 7 heteroatoms. The van der Waals surface area contributed by atoms with Crippen LogP contribution >= 0.6 is 0 Å². The Hall–Kier alpha value is -3.55. The first-order chi connectivity index (χ1) is 16.0. The number of hydrogen-bond donors (Lipinski definition) is 0. The fourth-order valence-electron chi connectivity index (χ4n) is 4.25. The lowest BCUT2D eigenvalue weighted by Crippen LogP contribution is -2.47. The van der Waals surface area contributed by atoms with Crippen LogP contribution in [0, 0.1) is 0 Å². The van der Waals surface area contributed by atoms with Gasteiger partial charge >= 0.3 is 0 Å². The summed E-state index contributed by atoms with van der Waals surface area (Å²) in [5.74, 6) is -0.222. The third kappa shape index (κ3) is 3.79. The normalized spacial score (nSPS) is 18.6. The number of aromatic nitrogens is 1. The van der Waals surface area contributed by atoms with Crippen molar-refractivity contribution >= 4 is 15.8 Å². The second-order valence-corrected chi connectivity index (χ2v) is 9.90. The second-order valence-electron chi connectivity index (χ2n) is 8.01. The standard InChI is InChI=1S/C26H22N2O4S/c1-18-23(24(29)19-11-5-2-6-12-19)25-22(27-26(32-25)20-13-7-3-8-14-20)17-28(18)33(30,31)21-15-9-4-10-16-21/h2-16,18,23H,17H2,1H3/t18-,23+/m0/s1. The van der Waals surface area contributed by atoms with Crippen LogP contribution < -0.4 is 0 Å². The third-order valence-electron chi connectivity index (χ3n) is 5.96. The van der Waals surface area contributed by atoms with Crippen molar-refractivity contribution < 1.29 is 17.6 Å². The molecule has 4 aromatic rings. The SMILES string of the molecule is C[C@H]1[C@H](C(=O)c2ccccc2)c2oc(-c3ccccc3)nc2CN1S(=O)(=O)c1ccccc1. The summed E-state index contributed by atoms with van der Waals surface area (Å²) in [4.78, 5) is 18.4. The highest BCUT2D eigenvalue weighted by Crippen LogP contribution is 2.40. The molecule has 1 aromatic heterocycles. The quantitative estimate of drug-likeness (QED) is 0.397. The number of nitrogens with zero attached hydrogens (tertiary/aromatic N) is 2. The Balaban J connectivity index is 1.64. The van der Waals surface area contributed by atoms with Gasteiger partial charge in [0.15, 0.2) is 5.78 Å². The number of sulfonamides is 1. The number of hydrogen-bond acceptors (Lipinski definition) is 5. The molecule has 0 amide bonds. The summed E-state index contributed by atoms with van der Waals surface area (Å²) in [6.07, 6.45) is 0. The average Bonchev–Trinajstić information content (AvgIpc) is 3.29. The fraction of sp³-hybridized carbons (Fsp3) is 0.154. The minimum atomic E-state index is -3.86. The zero-order valence-electron chi connectivity index (χ0n) is 18.0. The summed E-state index contributed by atoms with van der Waals surface area (Å²) in [7, 11) is -3.86. The Kier molecular flexibility index (Phi) is 5.44. The number of ketones is 1. The van der Waals surface area contributed by atoms with Crippen LogP contribution in [-0.2, 0) is 16.6 Å². The van der Waals surface area contributed by atoms with E-state index in [1.807, 2.05) is 36.4 Å². The molecule has 166 valence electrons. The molecule has 0 saturated carbocycles. The van der Waals surface area contributed by atoms with E-state index < -0.39 is 22.0 Å². The number of carbonyl (C=O) groups is 1. The van der Waals surface area contributed by atoms with Gasteiger partial charge in [-0.25, -0.2) is 13.4 Å². The molecule has 33 heavy (non-hydrogen) atoms. The van der Waals surface area contributed by atoms with Gasteiger partial charge < -0.3 is 4.42 Å². The topological polar surface area (TPSA) is 80.5 Å². The van der Waals surface area contributed by atoms with Crippen LogP contribution in [0.4, 0.5) is 0 Å². The maximum Gasteiger partial charge on any atom is 0.243 e. The number of benzene rings is 3. The van der Waals surface area contributed by atoms with Crippen molar-refractivity contribution in [1.29, 1.82) is 0 Å². The molecule has 0 spiro atoms. The largest absolute Gasteiger partial charge is 0.440 e. The van der Waals surface area contributed by atoms with Crippen molar-refractivity contribution in [2.75, 3.05) is 0 Å². The van der Waals surface area contributed by atoms with E-state index in [2.05, 4.69) is 4.98 Å². The molecule has 1 aliphatic heterocycles. The van der Waals surface area contributed by atoms with E-state index in [9.17, 15) is 13.2 Å². The van der Waals surface area contributed by atoms with Gasteiger partial charge in [-0.3, -0.25) is 4.79 Å². The molecule has 3 aromatic carbocycles. The molecule has 6 nitrogen and oxygen atoms in total. The van der Waals surface area contributed by atoms with Crippen molar-refractivity contribution in [3.8, 4) is 11.5 Å². The molecule has 0 fully saturated rings. The number of oxazole rings is 1. The van der Waals surface area contributed by atoms with Gasteiger partial charge in [0.05, 0.1) is 23.1 Å². The minimum absolute atomic E-state index is 0.0304. The summed E-state index contributed by atoms with van der Waals surface area (Å²) < 4.78 is 34.6. The van der Waals surface area contributed by atoms with Gasteiger partial charge in [0, 0.05) is 17.2 Å². The van der Waals surface area contributed by atoms with Crippen LogP contribution in [0.15, 0.2) is 100 Å². The van der Waals surface area contributed by atoms with E-state index in [1.54, 1.807) is 61.5 Å². The monoisotopic (exact) mass is 458 g/mol. The predicted molar refractivity (Wildman–Crippen MR) is 124 cm³/mol. The Morgan fingerprint density at radius 3 is 2.12 bits per heavy atom. The average molecular weight is 459 g/mol. The maximum absolute atomic E-state index is 13.6. The van der Waals surface area contributed by atoms with Crippen LogP contribution in [0.5, 0.6) is 0 Å². The lowest BCUT2D eigenvalue weighted by Gasteiger charge is -2.36. The third-order valence-corrected chi connectivity index (χ3v) is 7.91. The molecule has 2 heterocycles. The molecule has 0 aliphatic carbocycles. The van der Waals surface area contributed by atoms with Gasteiger partial charge in [0.1, 0.15) is 5.76 Å². The number of rotatable bonds is 5. The molecule has 0 radical (unpaired) electrons. The van der Waals surface area contributed by atoms with Crippen LogP contribution in [0.3, 0.4) is 0 Å². The van der Waals surface area contributed by atoms with Crippen molar-refractivity contribution in [3.05, 3.63) is 108 Å². The highest BCUT2D eigenvalue weighted by atomic mass is 32.2. The minimum Gasteiger partial charge on any atom is -0.440 e. The van der Waals surface area contributed by atoms with Gasteiger partial charge in [-0.1, -0.05) is 66.7 Å². The molecule has 0 N–H and O–H groups in total. The number of Topliss-reactive ketones (excluding diaryl/α,β-unsaturated/α-hetero) is 1. The van der Waals surface area contributed by atoms with Crippen molar-refractivity contribution in [2.24, 2.45) is 0 Å². The Morgan fingerprint density at radius 2 is 1.48 bits per heavy atom. The molecular formula is C26H22N2O4S. The van der Waals surface area contributed by atoms with Crippen LogP contribution in [0.2, 0.25) is 0 Å². The molecule has 0 bridgehead atoms. The summed E-state index contributed by atoms with van der Waals surface area (Å²) in [6, 6.07) is 25.8. The first kappa shape index (κ1) is 21.3. The van der Waals surface area contributed by atoms with Gasteiger partial charge in [-0.15, -0.1) is 0 Å². The fourth-order valence-corrected chi connectivity index (χ4v) is 5.88. The van der Waals surface area contributed by atoms with E-state index in [0.717, 1.165) is 5.56 Å². The molecule has 0 saturated heterocycles. The number of fused-ring (bicyclic) bond motifs is 1. The lowest BCUT2D eigenvalue weighted by molar-refractivity contribution is 0.0893. The lowest BCUT2D eigenvalue weighted by atomic mass is 9.86. The van der Waals surface area contributed by atoms with Crippen LogP contribution in [0.25, 0.3) is 11.5 Å². The van der Waals surface area contributed by atoms with Gasteiger partial charge in [0.2, 0.25) is 15.9 Å². The first-order valence-corrected chi connectivity index (χ1v) is 12.1. The summed E-state index contributed by atoms with van der Waals surface area (Å²) in [6.45, 7) is 1.78. The van der Waals surface area contributed by atoms with E-state index in [-0.39, 0.29) is 17.2 Å². The van der Waals surface area contributed by atoms with Gasteiger partial charge in [-0.05, 0) is 31.2 Å². The second kappa shape index (κ2) is 8.42. The molecular weight excluding hydrogens is 436 g/mol. The zero-order chi connectivity index (χ0) is 23.0. The molecule has 0 unspecified atom stereocenters. The van der Waals surface area contributed by atoms with Crippen LogP contribution in [0.1, 0.15) is 34.7 Å². The van der Waals surface area contributed by atoms with Crippen molar-refractivity contribution in [1.82, 2.24) is 9.29 Å². The Labute approximate surface area is 192 Å². The maximum atomic E-state index is 13.6. The Morgan fingerprint density at radius 1 is 0.909 bits per heavy atom. The summed E-state index contributed by atoms with van der Waals surface area (Å²) >= 11 is 0. The van der Waals surface area contributed by atoms with Crippen molar-refractivity contribution in [3.63, 3.8) is 0 Å². The highest BCUT2D eigenvalue weighted by Gasteiger charge is 2.45. The summed E-state index contributed by atoms with van der Waals surface area (Å²) in [5.41, 5.74) is 1.72. The Bertz CT molecular complexity index is 1380. The van der Waals surface area contributed by atoms with Crippen LogP contribution in [-0.4, -0.2) is 29.5 Å². The van der Waals surface area contributed by atoms with E-state index in [0.29, 0.717) is 22.9 Å². The predicted octanol–water partition coefficient (Wildman–Crippen LogP) is 4.90. The van der Waals surface area contributed by atoms with Gasteiger partial charge in [-0.2, -0.15) is 4.31 Å².